The highest BCUT2D eigenvalue weighted by Gasteiger charge is 2.25. The molecular formula is C97H61Cl5F6N8O6. The van der Waals surface area contributed by atoms with E-state index < -0.39 is 56.9 Å². The number of aromatic amines is 1. The van der Waals surface area contributed by atoms with Crippen molar-refractivity contribution in [3.8, 4) is 78.7 Å². The number of H-pyrrole nitrogens is 1. The maximum absolute atomic E-state index is 13.9. The summed E-state index contributed by atoms with van der Waals surface area (Å²) in [5, 5.41) is 11.4. The fraction of sp³-hybridized carbons (Fsp3) is 0. The van der Waals surface area contributed by atoms with Crippen molar-refractivity contribution >= 4 is 126 Å². The second-order valence-electron chi connectivity index (χ2n) is 26.7. The van der Waals surface area contributed by atoms with E-state index in [2.05, 4.69) is 56.3 Å². The van der Waals surface area contributed by atoms with E-state index in [1.807, 2.05) is 194 Å². The Hall–Kier alpha value is -14.4. The first kappa shape index (κ1) is 85.5. The fourth-order valence-corrected chi connectivity index (χ4v) is 13.5. The molecular weight excluding hydrogens is 1660 g/mol. The van der Waals surface area contributed by atoms with E-state index in [1.54, 1.807) is 42.5 Å². The lowest BCUT2D eigenvalue weighted by Crippen LogP contribution is -2.14. The third-order valence-corrected chi connectivity index (χ3v) is 19.7. The number of nitrogen functional groups attached to an aromatic ring is 1. The molecule has 0 bridgehead atoms. The molecule has 0 aliphatic carbocycles. The summed E-state index contributed by atoms with van der Waals surface area (Å²) < 4.78 is 81.9. The number of nitrogens with zero attached hydrogens (tertiary/aromatic N) is 6. The number of nitro benzene ring substituents is 1. The zero-order chi connectivity index (χ0) is 86.1. The summed E-state index contributed by atoms with van der Waals surface area (Å²) in [6.45, 7) is 0. The maximum Gasteiger partial charge on any atom is 0.293 e. The van der Waals surface area contributed by atoms with Crippen molar-refractivity contribution in [1.82, 2.24) is 29.1 Å². The number of benzene rings is 15. The Bertz CT molecular complexity index is 6830. The Morgan fingerprint density at radius 2 is 0.730 bits per heavy atom. The lowest BCUT2D eigenvalue weighted by atomic mass is 10.0. The third-order valence-electron chi connectivity index (χ3n) is 18.6. The summed E-state index contributed by atoms with van der Waals surface area (Å²) in [5.74, 6) is -5.71. The Kier molecular flexibility index (Phi) is 27.7. The van der Waals surface area contributed by atoms with Crippen LogP contribution in [0.5, 0.6) is 0 Å². The summed E-state index contributed by atoms with van der Waals surface area (Å²) in [4.78, 5) is 74.8. The molecule has 0 spiro atoms. The molecule has 122 heavy (non-hydrogen) atoms. The number of nitrogens with one attached hydrogen (secondary N) is 1. The van der Waals surface area contributed by atoms with Gasteiger partial charge in [-0.1, -0.05) is 241 Å². The Morgan fingerprint density at radius 3 is 1.20 bits per heavy atom. The van der Waals surface area contributed by atoms with Gasteiger partial charge in [0.15, 0.2) is 34.9 Å². The van der Waals surface area contributed by atoms with E-state index in [1.165, 1.54) is 50.6 Å². The number of imidazole rings is 3. The lowest BCUT2D eigenvalue weighted by molar-refractivity contribution is -0.383. The quantitative estimate of drug-likeness (QED) is 0.0296. The van der Waals surface area contributed by atoms with Crippen LogP contribution in [-0.2, 0) is 0 Å². The third kappa shape index (κ3) is 21.0. The first-order valence-corrected chi connectivity index (χ1v) is 38.8. The van der Waals surface area contributed by atoms with Gasteiger partial charge >= 0.3 is 0 Å². The minimum Gasteiger partial charge on any atom is -0.393 e. The molecule has 3 aromatic heterocycles. The molecule has 18 aromatic rings. The predicted molar refractivity (Wildman–Crippen MR) is 472 cm³/mol. The summed E-state index contributed by atoms with van der Waals surface area (Å²) in [6, 6.07) is 100. The van der Waals surface area contributed by atoms with Crippen LogP contribution >= 0.6 is 58.0 Å². The van der Waals surface area contributed by atoms with Crippen LogP contribution in [0.2, 0.25) is 20.1 Å². The average Bonchev–Trinajstić information content (AvgIpc) is 1.60. The fourth-order valence-electron chi connectivity index (χ4n) is 12.7. The van der Waals surface area contributed by atoms with Crippen LogP contribution in [0.4, 0.5) is 37.7 Å². The van der Waals surface area contributed by atoms with Crippen LogP contribution in [0.25, 0.3) is 112 Å². The minimum atomic E-state index is -1.09. The number of hydrogen-bond donors (Lipinski definition) is 2. The van der Waals surface area contributed by atoms with E-state index in [9.17, 15) is 55.6 Å². The van der Waals surface area contributed by atoms with Gasteiger partial charge in [0.2, 0.25) is 0 Å². The van der Waals surface area contributed by atoms with Crippen molar-refractivity contribution < 1.29 is 50.4 Å². The molecule has 14 nitrogen and oxygen atoms in total. The standard InChI is InChI=1S/2C26H15ClF2N2O.C19H13ClN2.C13H10O.C7H3ClF2O.C6H5ClN2O2/c27-20-10-12-24-23(15-20)30-25(31(24)26(32)19-9-11-21(28)22(29)14-19)18-8-4-7-17(13-18)16-5-2-1-3-6-16;27-20-10-12-23-24(15-20)31(26(32)19-9-11-21(28)22(29)14-19)25(30-23)18-8-4-7-17(13-18)16-5-2-1-3-6-16;20-16-9-10-17-18(12-16)22-19(21-17)15-8-4-7-14(11-15)13-5-2-1-3-6-13;14-10-11-5-4-8-13(9-11)12-6-2-1-3-7-12;8-7(11)4-1-2-5(9)6(10)3-4;7-4-1-2-5(8)6(3-4)9(10)11/h2*1-15H;1-12H,(H,21,22);1-10H;1-3H;1-3H,8H2. The first-order valence-electron chi connectivity index (χ1n) is 36.9. The van der Waals surface area contributed by atoms with Crippen molar-refractivity contribution in [1.29, 1.82) is 0 Å². The number of aromatic nitrogens is 6. The number of halogens is 11. The Balaban J connectivity index is 0.000000133. The highest BCUT2D eigenvalue weighted by Crippen LogP contribution is 2.36. The van der Waals surface area contributed by atoms with Crippen molar-refractivity contribution in [2.24, 2.45) is 0 Å². The van der Waals surface area contributed by atoms with Gasteiger partial charge in [-0.3, -0.25) is 38.4 Å². The van der Waals surface area contributed by atoms with Crippen molar-refractivity contribution in [2.45, 2.75) is 0 Å². The monoisotopic (exact) mass is 1720 g/mol. The van der Waals surface area contributed by atoms with E-state index in [-0.39, 0.29) is 28.1 Å². The van der Waals surface area contributed by atoms with Crippen LogP contribution in [0.15, 0.2) is 346 Å². The van der Waals surface area contributed by atoms with Crippen LogP contribution in [0.1, 0.15) is 41.4 Å². The highest BCUT2D eigenvalue weighted by molar-refractivity contribution is 6.67. The number of nitro groups is 1. The number of carbonyl (C=O) groups excluding carboxylic acids is 4. The summed E-state index contributed by atoms with van der Waals surface area (Å²) in [5.41, 5.74) is 20.9. The van der Waals surface area contributed by atoms with E-state index in [0.717, 1.165) is 105 Å². The van der Waals surface area contributed by atoms with Gasteiger partial charge in [0.1, 0.15) is 29.4 Å². The molecule has 0 unspecified atom stereocenters. The second-order valence-corrected chi connectivity index (χ2v) is 28.8. The molecule has 3 heterocycles. The topological polar surface area (TPSA) is 202 Å². The zero-order valence-corrected chi connectivity index (χ0v) is 67.1. The van der Waals surface area contributed by atoms with E-state index >= 15 is 0 Å². The van der Waals surface area contributed by atoms with Crippen molar-refractivity contribution in [3.63, 3.8) is 0 Å². The number of nitrogens with two attached hydrogens (primary N) is 1. The molecule has 0 aliphatic rings. The Labute approximate surface area is 718 Å². The molecule has 25 heteroatoms. The average molecular weight is 1730 g/mol. The largest absolute Gasteiger partial charge is 0.393 e. The lowest BCUT2D eigenvalue weighted by Gasteiger charge is -2.10. The van der Waals surface area contributed by atoms with Crippen molar-refractivity contribution in [2.75, 3.05) is 5.73 Å². The van der Waals surface area contributed by atoms with Gasteiger partial charge in [0, 0.05) is 65.1 Å². The van der Waals surface area contributed by atoms with Gasteiger partial charge in [0.25, 0.3) is 22.7 Å². The molecule has 3 N–H and O–H groups in total. The van der Waals surface area contributed by atoms with Crippen LogP contribution in [0, 0.1) is 45.0 Å². The molecule has 15 aromatic carbocycles. The molecule has 602 valence electrons. The van der Waals surface area contributed by atoms with Gasteiger partial charge in [0.05, 0.1) is 38.0 Å². The number of hydrogen-bond acceptors (Lipinski definition) is 10. The molecule has 0 saturated heterocycles. The summed E-state index contributed by atoms with van der Waals surface area (Å²) >= 11 is 28.9. The van der Waals surface area contributed by atoms with Gasteiger partial charge in [-0.25, -0.2) is 41.3 Å². The number of rotatable bonds is 12. The van der Waals surface area contributed by atoms with Crippen LogP contribution < -0.4 is 5.73 Å². The summed E-state index contributed by atoms with van der Waals surface area (Å²) in [7, 11) is 0. The molecule has 0 saturated carbocycles. The van der Waals surface area contributed by atoms with Gasteiger partial charge in [-0.15, -0.1) is 0 Å². The van der Waals surface area contributed by atoms with Crippen LogP contribution in [-0.4, -0.2) is 57.3 Å². The number of aldehydes is 1. The molecule has 0 radical (unpaired) electrons. The van der Waals surface area contributed by atoms with Gasteiger partial charge < -0.3 is 10.7 Å². The van der Waals surface area contributed by atoms with Crippen LogP contribution in [0.3, 0.4) is 0 Å². The normalized spacial score (nSPS) is 10.6. The summed E-state index contributed by atoms with van der Waals surface area (Å²) in [6.07, 6.45) is 0.867. The van der Waals surface area contributed by atoms with Gasteiger partial charge in [-0.2, -0.15) is 0 Å². The smallest absolute Gasteiger partial charge is 0.293 e. The maximum atomic E-state index is 13.9. The SMILES string of the molecule is Clc1ccc2nc(-c3cccc(-c4ccccc4)c3)[nH]c2c1.Nc1ccc(Cl)cc1[N+](=O)[O-].O=C(Cl)c1ccc(F)c(F)c1.O=C(c1ccc(F)c(F)c1)n1c(-c2cccc(-c3ccccc3)c2)nc2cc(Cl)ccc21.O=C(c1ccc(F)c(F)c1)n1c(-c2cccc(-c3ccccc3)c2)nc2ccc(Cl)cc21.O=Cc1cccc(-c2ccccc2)c1. The van der Waals surface area contributed by atoms with Gasteiger partial charge in [-0.05, 0) is 202 Å². The number of fused-ring (bicyclic) bond motifs is 3. The highest BCUT2D eigenvalue weighted by atomic mass is 35.5. The molecule has 18 rings (SSSR count). The minimum absolute atomic E-state index is 0.00337. The van der Waals surface area contributed by atoms with E-state index in [0.29, 0.717) is 70.5 Å². The molecule has 0 fully saturated rings. The predicted octanol–water partition coefficient (Wildman–Crippen LogP) is 26.9. The number of carbonyl (C=O) groups is 4. The zero-order valence-electron chi connectivity index (χ0n) is 63.4. The molecule has 0 atom stereocenters. The Morgan fingerprint density at radius 1 is 0.352 bits per heavy atom. The van der Waals surface area contributed by atoms with E-state index in [4.69, 9.17) is 63.7 Å². The second kappa shape index (κ2) is 39.5. The molecule has 0 amide bonds. The molecule has 0 aliphatic heterocycles. The first-order chi connectivity index (χ1) is 58.9. The number of anilines is 1. The van der Waals surface area contributed by atoms with Crippen molar-refractivity contribution in [3.05, 3.63) is 433 Å².